The van der Waals surface area contributed by atoms with Crippen molar-refractivity contribution in [2.45, 2.75) is 20.3 Å². The normalized spacial score (nSPS) is 38.3. The van der Waals surface area contributed by atoms with Gasteiger partial charge in [-0.1, -0.05) is 18.2 Å². The summed E-state index contributed by atoms with van der Waals surface area (Å²) >= 11 is 0. The molecule has 0 aromatic heterocycles. The van der Waals surface area contributed by atoms with Gasteiger partial charge in [0.2, 0.25) is 11.8 Å². The van der Waals surface area contributed by atoms with Gasteiger partial charge in [-0.05, 0) is 67.2 Å². The van der Waals surface area contributed by atoms with E-state index in [1.165, 1.54) is 22.4 Å². The van der Waals surface area contributed by atoms with Gasteiger partial charge in [-0.15, -0.1) is 0 Å². The van der Waals surface area contributed by atoms with Crippen molar-refractivity contribution in [1.82, 2.24) is 4.90 Å². The van der Waals surface area contributed by atoms with Crippen LogP contribution >= 0.6 is 0 Å². The molecule has 1 heterocycles. The van der Waals surface area contributed by atoms with Gasteiger partial charge in [0.05, 0.1) is 18.5 Å². The largest absolute Gasteiger partial charge is 0.367 e. The Bertz CT molecular complexity index is 748. The zero-order chi connectivity index (χ0) is 16.6. The van der Waals surface area contributed by atoms with Gasteiger partial charge in [-0.25, -0.2) is 0 Å². The lowest BCUT2D eigenvalue weighted by atomic mass is 9.63. The second-order valence-electron chi connectivity index (χ2n) is 7.89. The molecule has 0 spiro atoms. The number of likely N-dealkylation sites (tertiary alicyclic amines) is 1. The number of nitrogens with one attached hydrogen (secondary N) is 1. The topological polar surface area (TPSA) is 49.4 Å². The molecule has 24 heavy (non-hydrogen) atoms. The second kappa shape index (κ2) is 4.71. The van der Waals surface area contributed by atoms with Crippen molar-refractivity contribution in [3.8, 4) is 0 Å². The van der Waals surface area contributed by atoms with Crippen molar-refractivity contribution >= 4 is 17.5 Å². The summed E-state index contributed by atoms with van der Waals surface area (Å²) in [7, 11) is 0. The number of rotatable bonds is 3. The highest BCUT2D eigenvalue weighted by atomic mass is 16.2. The molecule has 0 unspecified atom stereocenters. The van der Waals surface area contributed by atoms with E-state index in [1.807, 2.05) is 6.07 Å². The molecule has 0 radical (unpaired) electrons. The van der Waals surface area contributed by atoms with Crippen LogP contribution in [0, 0.1) is 49.4 Å². The fraction of sp³-hybridized carbons (Fsp3) is 0.500. The molecule has 1 aromatic carbocycles. The molecule has 2 amide bonds. The molecular weight excluding hydrogens is 300 g/mol. The lowest BCUT2D eigenvalue weighted by molar-refractivity contribution is -0.139. The van der Waals surface area contributed by atoms with Crippen LogP contribution in [0.3, 0.4) is 0 Å². The summed E-state index contributed by atoms with van der Waals surface area (Å²) in [5.41, 5.74) is 3.40. The summed E-state index contributed by atoms with van der Waals surface area (Å²) in [6.07, 6.45) is 5.63. The summed E-state index contributed by atoms with van der Waals surface area (Å²) < 4.78 is 0. The van der Waals surface area contributed by atoms with E-state index in [2.05, 4.69) is 43.4 Å². The number of nitrogens with zero attached hydrogens (tertiary/aromatic N) is 1. The maximum Gasteiger partial charge on any atom is 0.235 e. The lowest BCUT2D eigenvalue weighted by Crippen LogP contribution is -2.40. The lowest BCUT2D eigenvalue weighted by Gasteiger charge is -2.37. The van der Waals surface area contributed by atoms with Gasteiger partial charge in [0.25, 0.3) is 0 Å². The number of carbonyl (C=O) groups excluding carboxylic acids is 2. The van der Waals surface area contributed by atoms with Crippen molar-refractivity contribution < 1.29 is 9.59 Å². The second-order valence-corrected chi connectivity index (χ2v) is 7.89. The SMILES string of the molecule is Cc1ccc(NCN2C(=O)[C@H]3[C@@H]4C=C[C@H]([C@H]5C[C@H]45)[C@@H]3C2=O)cc1C. The standard InChI is InChI=1S/C20H22N2O2/c1-10-3-4-12(7-11(10)2)21-9-22-19(23)17-13-5-6-14(16-8-15(13)16)18(17)20(22)24/h3-7,13-18,21H,8-9H2,1-2H3/t13-,14-,15-,16-,17+,18+/m1/s1. The summed E-state index contributed by atoms with van der Waals surface area (Å²) in [5.74, 6) is 1.78. The summed E-state index contributed by atoms with van der Waals surface area (Å²) in [6, 6.07) is 6.12. The number of hydrogen-bond acceptors (Lipinski definition) is 3. The number of aryl methyl sites for hydroxylation is 2. The van der Waals surface area contributed by atoms with Crippen LogP contribution in [0.4, 0.5) is 5.69 Å². The van der Waals surface area contributed by atoms with E-state index in [1.54, 1.807) is 0 Å². The van der Waals surface area contributed by atoms with E-state index in [9.17, 15) is 9.59 Å². The minimum absolute atomic E-state index is 0.0334. The Hall–Kier alpha value is -2.10. The third-order valence-corrected chi connectivity index (χ3v) is 6.70. The van der Waals surface area contributed by atoms with Crippen LogP contribution in [0.2, 0.25) is 0 Å². The van der Waals surface area contributed by atoms with E-state index in [0.29, 0.717) is 23.7 Å². The highest BCUT2D eigenvalue weighted by Crippen LogP contribution is 2.65. The Morgan fingerprint density at radius 3 is 2.21 bits per heavy atom. The molecule has 124 valence electrons. The van der Waals surface area contributed by atoms with Gasteiger partial charge < -0.3 is 5.32 Å². The average Bonchev–Trinajstić information content (AvgIpc) is 3.35. The van der Waals surface area contributed by atoms with Gasteiger partial charge in [0.1, 0.15) is 0 Å². The molecule has 6 rings (SSSR count). The number of hydrogen-bond donors (Lipinski definition) is 1. The van der Waals surface area contributed by atoms with Crippen LogP contribution in [0.15, 0.2) is 30.4 Å². The van der Waals surface area contributed by atoms with E-state index >= 15 is 0 Å². The number of imide groups is 1. The first-order valence-electron chi connectivity index (χ1n) is 8.91. The number of carbonyl (C=O) groups is 2. The van der Waals surface area contributed by atoms with Crippen LogP contribution in [-0.4, -0.2) is 23.4 Å². The average molecular weight is 322 g/mol. The van der Waals surface area contributed by atoms with Gasteiger partial charge >= 0.3 is 0 Å². The molecule has 1 aliphatic heterocycles. The summed E-state index contributed by atoms with van der Waals surface area (Å²) in [5, 5.41) is 3.26. The van der Waals surface area contributed by atoms with E-state index in [4.69, 9.17) is 0 Å². The maximum atomic E-state index is 12.9. The zero-order valence-corrected chi connectivity index (χ0v) is 14.0. The van der Waals surface area contributed by atoms with Gasteiger partial charge in [0.15, 0.2) is 0 Å². The maximum absolute atomic E-state index is 12.9. The smallest absolute Gasteiger partial charge is 0.235 e. The molecule has 4 aliphatic carbocycles. The van der Waals surface area contributed by atoms with Gasteiger partial charge in [0, 0.05) is 5.69 Å². The van der Waals surface area contributed by atoms with Gasteiger partial charge in [-0.2, -0.15) is 0 Å². The van der Waals surface area contributed by atoms with E-state index < -0.39 is 0 Å². The molecule has 5 aliphatic rings. The molecule has 1 aromatic rings. The summed E-state index contributed by atoms with van der Waals surface area (Å²) in [6.45, 7) is 4.42. The van der Waals surface area contributed by atoms with Crippen molar-refractivity contribution in [3.05, 3.63) is 41.5 Å². The fourth-order valence-corrected chi connectivity index (χ4v) is 5.20. The Labute approximate surface area is 141 Å². The Morgan fingerprint density at radius 2 is 1.62 bits per heavy atom. The highest BCUT2D eigenvalue weighted by molar-refractivity contribution is 6.06. The minimum atomic E-state index is -0.0993. The third-order valence-electron chi connectivity index (χ3n) is 6.70. The number of anilines is 1. The molecular formula is C20H22N2O2. The van der Waals surface area contributed by atoms with Crippen LogP contribution in [0.5, 0.6) is 0 Å². The predicted molar refractivity (Wildman–Crippen MR) is 91.0 cm³/mol. The van der Waals surface area contributed by atoms with Crippen LogP contribution in [-0.2, 0) is 9.59 Å². The molecule has 4 nitrogen and oxygen atoms in total. The van der Waals surface area contributed by atoms with Crippen LogP contribution in [0.1, 0.15) is 17.5 Å². The Morgan fingerprint density at radius 1 is 1.00 bits per heavy atom. The van der Waals surface area contributed by atoms with Crippen molar-refractivity contribution in [2.24, 2.45) is 35.5 Å². The highest BCUT2D eigenvalue weighted by Gasteiger charge is 2.66. The first-order chi connectivity index (χ1) is 11.6. The molecule has 2 bridgehead atoms. The molecule has 3 fully saturated rings. The van der Waals surface area contributed by atoms with E-state index in [-0.39, 0.29) is 30.3 Å². The third kappa shape index (κ3) is 1.80. The molecule has 4 heteroatoms. The molecule has 1 saturated heterocycles. The first kappa shape index (κ1) is 14.3. The number of allylic oxidation sites excluding steroid dienone is 2. The number of amides is 2. The Kier molecular flexibility index (Phi) is 2.80. The first-order valence-corrected chi connectivity index (χ1v) is 8.91. The summed E-state index contributed by atoms with van der Waals surface area (Å²) in [4.78, 5) is 27.2. The monoisotopic (exact) mass is 322 g/mol. The fourth-order valence-electron chi connectivity index (χ4n) is 5.20. The molecule has 2 saturated carbocycles. The van der Waals surface area contributed by atoms with Crippen molar-refractivity contribution in [2.75, 3.05) is 12.0 Å². The Balaban J connectivity index is 1.36. The quantitative estimate of drug-likeness (QED) is 0.688. The van der Waals surface area contributed by atoms with Crippen molar-refractivity contribution in [3.63, 3.8) is 0 Å². The predicted octanol–water partition coefficient (Wildman–Crippen LogP) is 2.73. The van der Waals surface area contributed by atoms with Crippen LogP contribution in [0.25, 0.3) is 0 Å². The van der Waals surface area contributed by atoms with Crippen molar-refractivity contribution in [1.29, 1.82) is 0 Å². The zero-order valence-electron chi connectivity index (χ0n) is 14.0. The molecule has 1 N–H and O–H groups in total. The van der Waals surface area contributed by atoms with Gasteiger partial charge in [-0.3, -0.25) is 14.5 Å². The van der Waals surface area contributed by atoms with Crippen LogP contribution < -0.4 is 5.32 Å². The number of benzene rings is 1. The minimum Gasteiger partial charge on any atom is -0.367 e. The van der Waals surface area contributed by atoms with E-state index in [0.717, 1.165) is 5.69 Å². The molecule has 6 atom stereocenters.